The van der Waals surface area contributed by atoms with Gasteiger partial charge < -0.3 is 9.73 Å². The van der Waals surface area contributed by atoms with Gasteiger partial charge in [-0.1, -0.05) is 56.5 Å². The number of carbonyl (C=O) groups is 1. The zero-order valence-corrected chi connectivity index (χ0v) is 17.2. The molecule has 3 nitrogen and oxygen atoms in total. The van der Waals surface area contributed by atoms with Gasteiger partial charge in [-0.25, -0.2) is 0 Å². The van der Waals surface area contributed by atoms with E-state index in [1.54, 1.807) is 0 Å². The second-order valence-corrected chi connectivity index (χ2v) is 8.77. The van der Waals surface area contributed by atoms with Gasteiger partial charge in [0.2, 0.25) is 0 Å². The fraction of sp³-hybridized carbons (Fsp3) is 0.375. The Labute approximate surface area is 170 Å². The number of thioether (sulfide) groups is 1. The van der Waals surface area contributed by atoms with E-state index in [1.165, 1.54) is 37.7 Å². The van der Waals surface area contributed by atoms with Crippen LogP contribution < -0.4 is 5.32 Å². The van der Waals surface area contributed by atoms with Crippen LogP contribution in [0.3, 0.4) is 0 Å². The number of rotatable bonds is 6. The Kier molecular flexibility index (Phi) is 6.06. The van der Waals surface area contributed by atoms with E-state index in [2.05, 4.69) is 18.3 Å². The molecule has 0 aliphatic heterocycles. The summed E-state index contributed by atoms with van der Waals surface area (Å²) in [5, 5.41) is 4.75. The molecule has 1 amide bonds. The van der Waals surface area contributed by atoms with Gasteiger partial charge in [0, 0.05) is 27.6 Å². The van der Waals surface area contributed by atoms with E-state index in [4.69, 9.17) is 4.42 Å². The zero-order valence-electron chi connectivity index (χ0n) is 16.4. The summed E-state index contributed by atoms with van der Waals surface area (Å²) in [6, 6.07) is 16.0. The molecular formula is C24H27NO2S. The average Bonchev–Trinajstić information content (AvgIpc) is 3.12. The highest BCUT2D eigenvalue weighted by atomic mass is 32.2. The molecule has 1 aliphatic rings. The van der Waals surface area contributed by atoms with Crippen molar-refractivity contribution in [3.8, 4) is 0 Å². The molecule has 0 radical (unpaired) electrons. The monoisotopic (exact) mass is 393 g/mol. The summed E-state index contributed by atoms with van der Waals surface area (Å²) < 4.78 is 5.99. The second-order valence-electron chi connectivity index (χ2n) is 7.48. The summed E-state index contributed by atoms with van der Waals surface area (Å²) in [6.45, 7) is 2.12. The first kappa shape index (κ1) is 19.1. The van der Waals surface area contributed by atoms with Crippen LogP contribution >= 0.6 is 11.8 Å². The molecule has 1 aliphatic carbocycles. The molecule has 0 bridgehead atoms. The third-order valence-corrected chi connectivity index (χ3v) is 6.94. The van der Waals surface area contributed by atoms with E-state index >= 15 is 0 Å². The Morgan fingerprint density at radius 3 is 2.57 bits per heavy atom. The Balaban J connectivity index is 1.56. The van der Waals surface area contributed by atoms with Crippen LogP contribution in [0, 0.1) is 0 Å². The Hall–Kier alpha value is -2.20. The molecule has 4 rings (SSSR count). The van der Waals surface area contributed by atoms with Gasteiger partial charge in [-0.15, -0.1) is 0 Å². The van der Waals surface area contributed by atoms with Gasteiger partial charge >= 0.3 is 0 Å². The maximum atomic E-state index is 13.0. The van der Waals surface area contributed by atoms with Crippen LogP contribution in [0.4, 0.5) is 5.69 Å². The first-order chi connectivity index (χ1) is 13.7. The van der Waals surface area contributed by atoms with E-state index in [9.17, 15) is 4.79 Å². The normalized spacial score (nSPS) is 15.0. The summed E-state index contributed by atoms with van der Waals surface area (Å²) >= 11 is 1.97. The molecular weight excluding hydrogens is 366 g/mol. The maximum Gasteiger partial charge on any atom is 0.291 e. The Morgan fingerprint density at radius 2 is 1.82 bits per heavy atom. The van der Waals surface area contributed by atoms with Crippen LogP contribution in [-0.2, 0) is 12.2 Å². The van der Waals surface area contributed by atoms with Gasteiger partial charge in [0.15, 0.2) is 5.76 Å². The summed E-state index contributed by atoms with van der Waals surface area (Å²) in [5.41, 5.74) is 3.86. The van der Waals surface area contributed by atoms with Gasteiger partial charge in [0.25, 0.3) is 5.91 Å². The quantitative estimate of drug-likeness (QED) is 0.500. The summed E-state index contributed by atoms with van der Waals surface area (Å²) in [4.78, 5) is 13.0. The van der Waals surface area contributed by atoms with Crippen molar-refractivity contribution >= 4 is 34.3 Å². The fourth-order valence-corrected chi connectivity index (χ4v) is 5.23. The minimum atomic E-state index is -0.167. The number of benzene rings is 2. The van der Waals surface area contributed by atoms with Crippen molar-refractivity contribution in [2.24, 2.45) is 0 Å². The molecule has 1 fully saturated rings. The SMILES string of the molecule is CCc1ccc(NC(=O)c2oc3ccccc3c2CSC2CCCCC2)cc1. The van der Waals surface area contributed by atoms with Crippen LogP contribution in [0.2, 0.25) is 0 Å². The molecule has 2 aromatic carbocycles. The molecule has 1 aromatic heterocycles. The number of hydrogen-bond acceptors (Lipinski definition) is 3. The minimum absolute atomic E-state index is 0.167. The number of furan rings is 1. The Bertz CT molecular complexity index is 939. The standard InChI is InChI=1S/C24H27NO2S/c1-2-17-12-14-18(15-13-17)25-24(26)23-21(16-28-19-8-4-3-5-9-19)20-10-6-7-11-22(20)27-23/h6-7,10-15,19H,2-5,8-9,16H2,1H3,(H,25,26). The first-order valence-electron chi connectivity index (χ1n) is 10.3. The van der Waals surface area contributed by atoms with Crippen molar-refractivity contribution in [3.63, 3.8) is 0 Å². The summed E-state index contributed by atoms with van der Waals surface area (Å²) in [5.74, 6) is 1.10. The lowest BCUT2D eigenvalue weighted by molar-refractivity contribution is 0.0998. The van der Waals surface area contributed by atoms with E-state index in [0.29, 0.717) is 11.0 Å². The van der Waals surface area contributed by atoms with Crippen LogP contribution in [0.25, 0.3) is 11.0 Å². The first-order valence-corrected chi connectivity index (χ1v) is 11.3. The number of para-hydroxylation sites is 1. The third-order valence-electron chi connectivity index (χ3n) is 5.54. The molecule has 1 N–H and O–H groups in total. The van der Waals surface area contributed by atoms with E-state index in [0.717, 1.165) is 34.4 Å². The zero-order chi connectivity index (χ0) is 19.3. The number of nitrogens with one attached hydrogen (secondary N) is 1. The third kappa shape index (κ3) is 4.27. The van der Waals surface area contributed by atoms with Crippen LogP contribution in [0.15, 0.2) is 52.9 Å². The lowest BCUT2D eigenvalue weighted by atomic mass is 10.0. The number of hydrogen-bond donors (Lipinski definition) is 1. The maximum absolute atomic E-state index is 13.0. The van der Waals surface area contributed by atoms with Crippen molar-refractivity contribution in [1.82, 2.24) is 0 Å². The van der Waals surface area contributed by atoms with Crippen LogP contribution in [-0.4, -0.2) is 11.2 Å². The predicted molar refractivity (Wildman–Crippen MR) is 118 cm³/mol. The molecule has 1 saturated carbocycles. The lowest BCUT2D eigenvalue weighted by Crippen LogP contribution is -2.13. The number of fused-ring (bicyclic) bond motifs is 1. The van der Waals surface area contributed by atoms with Gasteiger partial charge in [-0.2, -0.15) is 11.8 Å². The molecule has 1 heterocycles. The van der Waals surface area contributed by atoms with Crippen molar-refractivity contribution in [1.29, 1.82) is 0 Å². The Morgan fingerprint density at radius 1 is 1.07 bits per heavy atom. The number of carbonyl (C=O) groups excluding carboxylic acids is 1. The van der Waals surface area contributed by atoms with Crippen LogP contribution in [0.5, 0.6) is 0 Å². The molecule has 0 atom stereocenters. The molecule has 28 heavy (non-hydrogen) atoms. The predicted octanol–water partition coefficient (Wildman–Crippen LogP) is 6.81. The number of aryl methyl sites for hydroxylation is 1. The summed E-state index contributed by atoms with van der Waals surface area (Å²) in [6.07, 6.45) is 7.56. The highest BCUT2D eigenvalue weighted by Crippen LogP contribution is 2.35. The average molecular weight is 394 g/mol. The molecule has 3 aromatic rings. The second kappa shape index (κ2) is 8.87. The smallest absolute Gasteiger partial charge is 0.291 e. The molecule has 0 unspecified atom stereocenters. The van der Waals surface area contributed by atoms with E-state index in [1.807, 2.05) is 54.2 Å². The minimum Gasteiger partial charge on any atom is -0.451 e. The van der Waals surface area contributed by atoms with Gasteiger partial charge in [0.05, 0.1) is 0 Å². The highest BCUT2D eigenvalue weighted by molar-refractivity contribution is 7.99. The van der Waals surface area contributed by atoms with Gasteiger partial charge in [-0.05, 0) is 43.0 Å². The van der Waals surface area contributed by atoms with Crippen molar-refractivity contribution in [2.45, 2.75) is 56.5 Å². The molecule has 0 spiro atoms. The largest absolute Gasteiger partial charge is 0.451 e. The molecule has 4 heteroatoms. The van der Waals surface area contributed by atoms with E-state index < -0.39 is 0 Å². The van der Waals surface area contributed by atoms with Crippen LogP contribution in [0.1, 0.15) is 60.7 Å². The topological polar surface area (TPSA) is 42.2 Å². The number of anilines is 1. The molecule has 0 saturated heterocycles. The fourth-order valence-electron chi connectivity index (χ4n) is 3.87. The van der Waals surface area contributed by atoms with Crippen molar-refractivity contribution in [3.05, 3.63) is 65.4 Å². The lowest BCUT2D eigenvalue weighted by Gasteiger charge is -2.20. The van der Waals surface area contributed by atoms with Crippen molar-refractivity contribution in [2.75, 3.05) is 5.32 Å². The van der Waals surface area contributed by atoms with Crippen molar-refractivity contribution < 1.29 is 9.21 Å². The van der Waals surface area contributed by atoms with Gasteiger partial charge in [0.1, 0.15) is 5.58 Å². The van der Waals surface area contributed by atoms with E-state index in [-0.39, 0.29) is 5.91 Å². The summed E-state index contributed by atoms with van der Waals surface area (Å²) in [7, 11) is 0. The molecule has 146 valence electrons. The highest BCUT2D eigenvalue weighted by Gasteiger charge is 2.22. The van der Waals surface area contributed by atoms with Gasteiger partial charge in [-0.3, -0.25) is 4.79 Å². The number of amides is 1.